The number of carboxylic acids is 1. The van der Waals surface area contributed by atoms with Crippen molar-refractivity contribution in [2.45, 2.75) is 51.0 Å². The Morgan fingerprint density at radius 3 is 2.70 bits per heavy atom. The van der Waals surface area contributed by atoms with Gasteiger partial charge >= 0.3 is 5.97 Å². The first-order valence-electron chi connectivity index (χ1n) is 7.60. The Morgan fingerprint density at radius 1 is 1.40 bits per heavy atom. The first-order valence-corrected chi connectivity index (χ1v) is 7.60. The number of carbonyl (C=O) groups excluding carboxylic acids is 1. The number of amides is 1. The lowest BCUT2D eigenvalue weighted by atomic mass is 9.68. The van der Waals surface area contributed by atoms with Gasteiger partial charge in [0.05, 0.1) is 12.2 Å². The van der Waals surface area contributed by atoms with E-state index >= 15 is 0 Å². The lowest BCUT2D eigenvalue weighted by molar-refractivity contribution is -0.138. The Hall–Kier alpha value is -1.10. The zero-order valence-corrected chi connectivity index (χ0v) is 12.0. The van der Waals surface area contributed by atoms with Crippen LogP contribution in [-0.4, -0.2) is 35.7 Å². The van der Waals surface area contributed by atoms with E-state index in [1.54, 1.807) is 6.92 Å². The fraction of sp³-hybridized carbons (Fsp3) is 0.867. The number of fused-ring (bicyclic) bond motifs is 2. The van der Waals surface area contributed by atoms with Gasteiger partial charge in [-0.25, -0.2) is 0 Å². The van der Waals surface area contributed by atoms with Crippen LogP contribution in [0.1, 0.15) is 45.4 Å². The topological polar surface area (TPSA) is 75.6 Å². The fourth-order valence-corrected chi connectivity index (χ4v) is 4.09. The quantitative estimate of drug-likeness (QED) is 0.774. The van der Waals surface area contributed by atoms with Gasteiger partial charge in [0.25, 0.3) is 0 Å². The summed E-state index contributed by atoms with van der Waals surface area (Å²) in [6, 6.07) is 0. The highest BCUT2D eigenvalue weighted by atomic mass is 16.5. The third kappa shape index (κ3) is 2.12. The molecule has 2 N–H and O–H groups in total. The number of rotatable bonds is 6. The maximum absolute atomic E-state index is 11.9. The van der Waals surface area contributed by atoms with E-state index in [4.69, 9.17) is 9.84 Å². The van der Waals surface area contributed by atoms with Crippen molar-refractivity contribution < 1.29 is 19.4 Å². The van der Waals surface area contributed by atoms with Crippen LogP contribution < -0.4 is 5.32 Å². The highest BCUT2D eigenvalue weighted by Crippen LogP contribution is 2.70. The molecule has 3 atom stereocenters. The molecule has 0 radical (unpaired) electrons. The molecule has 0 aromatic carbocycles. The Balaban J connectivity index is 1.48. The minimum absolute atomic E-state index is 0.0276. The second kappa shape index (κ2) is 4.72. The van der Waals surface area contributed by atoms with Crippen molar-refractivity contribution in [3.8, 4) is 0 Å². The van der Waals surface area contributed by atoms with E-state index in [9.17, 15) is 9.59 Å². The smallest absolute Gasteiger partial charge is 0.303 e. The maximum Gasteiger partial charge on any atom is 0.303 e. The van der Waals surface area contributed by atoms with Gasteiger partial charge in [-0.05, 0) is 37.5 Å². The predicted octanol–water partition coefficient (Wildman–Crippen LogP) is 1.56. The lowest BCUT2D eigenvalue weighted by Gasteiger charge is -2.45. The predicted molar refractivity (Wildman–Crippen MR) is 72.1 cm³/mol. The van der Waals surface area contributed by atoms with Crippen molar-refractivity contribution in [3.63, 3.8) is 0 Å². The lowest BCUT2D eigenvalue weighted by Crippen LogP contribution is -2.50. The summed E-state index contributed by atoms with van der Waals surface area (Å²) < 4.78 is 5.98. The van der Waals surface area contributed by atoms with Crippen molar-refractivity contribution >= 4 is 11.9 Å². The van der Waals surface area contributed by atoms with Crippen LogP contribution in [0.25, 0.3) is 0 Å². The first-order chi connectivity index (χ1) is 9.47. The summed E-state index contributed by atoms with van der Waals surface area (Å²) >= 11 is 0. The number of carbonyl (C=O) groups is 2. The van der Waals surface area contributed by atoms with E-state index in [1.165, 1.54) is 12.8 Å². The van der Waals surface area contributed by atoms with Gasteiger partial charge in [-0.2, -0.15) is 0 Å². The van der Waals surface area contributed by atoms with Gasteiger partial charge < -0.3 is 15.2 Å². The van der Waals surface area contributed by atoms with E-state index in [0.29, 0.717) is 18.9 Å². The van der Waals surface area contributed by atoms with Crippen LogP contribution in [0.4, 0.5) is 0 Å². The van der Waals surface area contributed by atoms with Gasteiger partial charge in [-0.1, -0.05) is 6.92 Å². The second-order valence-corrected chi connectivity index (χ2v) is 6.90. The summed E-state index contributed by atoms with van der Waals surface area (Å²) in [5.41, 5.74) is 0.245. The van der Waals surface area contributed by atoms with E-state index in [2.05, 4.69) is 5.32 Å². The Labute approximate surface area is 119 Å². The minimum atomic E-state index is -0.844. The molecule has 3 unspecified atom stereocenters. The number of nitrogens with one attached hydrogen (secondary N) is 1. The number of hydrogen-bond donors (Lipinski definition) is 2. The Kier molecular flexibility index (Phi) is 3.27. The molecule has 1 amide bonds. The molecule has 1 spiro atoms. The number of ether oxygens (including phenoxy) is 1. The molecule has 20 heavy (non-hydrogen) atoms. The molecule has 5 nitrogen and oxygen atoms in total. The Morgan fingerprint density at radius 2 is 2.15 bits per heavy atom. The van der Waals surface area contributed by atoms with Crippen LogP contribution in [0.5, 0.6) is 0 Å². The van der Waals surface area contributed by atoms with Crippen LogP contribution in [0, 0.1) is 17.3 Å². The first kappa shape index (κ1) is 13.9. The van der Waals surface area contributed by atoms with Crippen molar-refractivity contribution in [3.05, 3.63) is 0 Å². The van der Waals surface area contributed by atoms with Crippen LogP contribution >= 0.6 is 0 Å². The van der Waals surface area contributed by atoms with Crippen LogP contribution in [0.2, 0.25) is 0 Å². The van der Waals surface area contributed by atoms with Crippen molar-refractivity contribution in [1.29, 1.82) is 0 Å². The molecular formula is C15H23NO4. The van der Waals surface area contributed by atoms with Gasteiger partial charge in [-0.15, -0.1) is 0 Å². The summed E-state index contributed by atoms with van der Waals surface area (Å²) in [5.74, 6) is -0.360. The van der Waals surface area contributed by atoms with E-state index in [1.807, 2.05) is 0 Å². The third-order valence-electron chi connectivity index (χ3n) is 5.52. The molecule has 0 aromatic rings. The van der Waals surface area contributed by atoms with Crippen LogP contribution in [0.3, 0.4) is 0 Å². The molecule has 3 fully saturated rings. The molecule has 2 saturated carbocycles. The summed E-state index contributed by atoms with van der Waals surface area (Å²) in [5, 5.41) is 11.7. The second-order valence-electron chi connectivity index (χ2n) is 6.90. The summed E-state index contributed by atoms with van der Waals surface area (Å²) in [7, 11) is 0. The minimum Gasteiger partial charge on any atom is -0.481 e. The van der Waals surface area contributed by atoms with Gasteiger partial charge in [0, 0.05) is 24.8 Å². The normalized spacial score (nSPS) is 34.1. The zero-order valence-electron chi connectivity index (χ0n) is 12.0. The largest absolute Gasteiger partial charge is 0.481 e. The number of carboxylic acid groups (broad SMARTS) is 1. The molecular weight excluding hydrogens is 258 g/mol. The number of aliphatic carboxylic acids is 1. The fourth-order valence-electron chi connectivity index (χ4n) is 4.09. The molecule has 1 heterocycles. The third-order valence-corrected chi connectivity index (χ3v) is 5.52. The molecule has 1 saturated heterocycles. The highest BCUT2D eigenvalue weighted by Gasteiger charge is 2.73. The highest BCUT2D eigenvalue weighted by molar-refractivity contribution is 5.77. The average molecular weight is 281 g/mol. The maximum atomic E-state index is 11.9. The van der Waals surface area contributed by atoms with Crippen LogP contribution in [-0.2, 0) is 14.3 Å². The summed E-state index contributed by atoms with van der Waals surface area (Å²) in [6.07, 6.45) is 5.02. The molecule has 1 aliphatic heterocycles. The van der Waals surface area contributed by atoms with Gasteiger partial charge in [-0.3, -0.25) is 9.59 Å². The zero-order chi connectivity index (χ0) is 14.4. The van der Waals surface area contributed by atoms with Crippen molar-refractivity contribution in [2.75, 3.05) is 13.2 Å². The molecule has 3 aliphatic rings. The SMILES string of the molecule is CC(CC(=O)O)CC(=O)NCC12CC1COC21CCC1. The number of hydrogen-bond acceptors (Lipinski definition) is 3. The molecule has 3 rings (SSSR count). The van der Waals surface area contributed by atoms with Gasteiger partial charge in [0.15, 0.2) is 0 Å². The van der Waals surface area contributed by atoms with Crippen molar-refractivity contribution in [2.24, 2.45) is 17.3 Å². The Bertz CT molecular complexity index is 432. The van der Waals surface area contributed by atoms with Crippen LogP contribution in [0.15, 0.2) is 0 Å². The summed E-state index contributed by atoms with van der Waals surface area (Å²) in [6.45, 7) is 3.36. The molecule has 112 valence electrons. The van der Waals surface area contributed by atoms with Gasteiger partial charge in [0.2, 0.25) is 5.91 Å². The molecule has 0 bridgehead atoms. The molecule has 5 heteroatoms. The van der Waals surface area contributed by atoms with Crippen molar-refractivity contribution in [1.82, 2.24) is 5.32 Å². The monoisotopic (exact) mass is 281 g/mol. The molecule has 0 aromatic heterocycles. The van der Waals surface area contributed by atoms with E-state index in [0.717, 1.165) is 19.4 Å². The van der Waals surface area contributed by atoms with E-state index < -0.39 is 5.97 Å². The standard InChI is InChI=1S/C15H23NO4/c1-10(6-13(18)19)5-12(17)16-9-14-7-11(14)8-20-15(14)3-2-4-15/h10-11H,2-9H2,1H3,(H,16,17)(H,18,19). The van der Waals surface area contributed by atoms with E-state index in [-0.39, 0.29) is 29.3 Å². The van der Waals surface area contributed by atoms with Gasteiger partial charge in [0.1, 0.15) is 0 Å². The summed E-state index contributed by atoms with van der Waals surface area (Å²) in [4.78, 5) is 22.5. The average Bonchev–Trinajstić information content (AvgIpc) is 2.91. The molecule has 2 aliphatic carbocycles.